The number of hydrogen-bond donors (Lipinski definition) is 0. The molecule has 0 atom stereocenters. The third-order valence-electron chi connectivity index (χ3n) is 4.14. The Morgan fingerprint density at radius 1 is 0.531 bits per heavy atom. The van der Waals surface area contributed by atoms with E-state index in [0.717, 1.165) is 0 Å². The molecule has 0 aromatic heterocycles. The number of ether oxygens (including phenoxy) is 4. The Kier molecular flexibility index (Phi) is 20.0. The summed E-state index contributed by atoms with van der Waals surface area (Å²) in [5.74, 6) is -3.62. The topological polar surface area (TPSA) is 155 Å². The molecule has 32 heavy (non-hydrogen) atoms. The third kappa shape index (κ3) is 16.5. The van der Waals surface area contributed by atoms with Crippen LogP contribution in [0.4, 0.5) is 0 Å². The van der Waals surface area contributed by atoms with Crippen molar-refractivity contribution in [1.82, 2.24) is 14.7 Å². The van der Waals surface area contributed by atoms with Crippen LogP contribution in [0.3, 0.4) is 0 Å². The molecular formula is C18H30KN3O10. The van der Waals surface area contributed by atoms with Gasteiger partial charge in [0.15, 0.2) is 0 Å². The molecule has 0 aliphatic rings. The zero-order valence-electron chi connectivity index (χ0n) is 19.3. The van der Waals surface area contributed by atoms with Crippen molar-refractivity contribution in [2.24, 2.45) is 0 Å². The molecule has 0 aromatic rings. The fraction of sp³-hybridized carbons (Fsp3) is 0.722. The number of carboxylic acids is 1. The van der Waals surface area contributed by atoms with Crippen molar-refractivity contribution in [2.75, 3.05) is 87.3 Å². The molecule has 0 bridgehead atoms. The average Bonchev–Trinajstić information content (AvgIpc) is 2.74. The summed E-state index contributed by atoms with van der Waals surface area (Å²) in [5, 5.41) is 11.1. The van der Waals surface area contributed by atoms with Crippen molar-refractivity contribution < 1.29 is 99.4 Å². The quantitative estimate of drug-likeness (QED) is 0.115. The fourth-order valence-electron chi connectivity index (χ4n) is 2.43. The maximum Gasteiger partial charge on any atom is 1.00 e. The molecule has 13 nitrogen and oxygen atoms in total. The molecule has 0 rings (SSSR count). The Morgan fingerprint density at radius 3 is 1.00 bits per heavy atom. The molecule has 0 amide bonds. The van der Waals surface area contributed by atoms with E-state index >= 15 is 0 Å². The van der Waals surface area contributed by atoms with E-state index in [-0.39, 0.29) is 104 Å². The molecule has 0 N–H and O–H groups in total. The third-order valence-corrected chi connectivity index (χ3v) is 4.14. The molecule has 0 saturated heterocycles. The van der Waals surface area contributed by atoms with Crippen LogP contribution >= 0.6 is 0 Å². The first-order valence-electron chi connectivity index (χ1n) is 9.29. The van der Waals surface area contributed by atoms with Crippen molar-refractivity contribution in [2.45, 2.75) is 0 Å². The van der Waals surface area contributed by atoms with Gasteiger partial charge in [-0.15, -0.1) is 0 Å². The minimum Gasteiger partial charge on any atom is -0.549 e. The first-order valence-corrected chi connectivity index (χ1v) is 9.29. The second kappa shape index (κ2) is 19.3. The van der Waals surface area contributed by atoms with Crippen LogP contribution in [0.15, 0.2) is 0 Å². The van der Waals surface area contributed by atoms with Gasteiger partial charge >= 0.3 is 75.3 Å². The van der Waals surface area contributed by atoms with Crippen molar-refractivity contribution in [3.05, 3.63) is 0 Å². The van der Waals surface area contributed by atoms with Gasteiger partial charge in [0, 0.05) is 32.7 Å². The van der Waals surface area contributed by atoms with E-state index in [1.54, 1.807) is 0 Å². The second-order valence-corrected chi connectivity index (χ2v) is 6.37. The molecule has 0 aromatic carbocycles. The van der Waals surface area contributed by atoms with Gasteiger partial charge in [0.1, 0.15) is 0 Å². The minimum absolute atomic E-state index is 0. The summed E-state index contributed by atoms with van der Waals surface area (Å²) < 4.78 is 18.4. The summed E-state index contributed by atoms with van der Waals surface area (Å²) in [6.07, 6.45) is 0. The monoisotopic (exact) mass is 487 g/mol. The SMILES string of the molecule is COC(=O)CN(CCN(CCN(CC(=O)OC)CC(=O)OC)CC(=O)[O-])CC(=O)OC.[K+]. The van der Waals surface area contributed by atoms with Crippen molar-refractivity contribution in [1.29, 1.82) is 0 Å². The number of hydrogen-bond acceptors (Lipinski definition) is 13. The maximum atomic E-state index is 11.6. The van der Waals surface area contributed by atoms with Crippen molar-refractivity contribution >= 4 is 29.8 Å². The van der Waals surface area contributed by atoms with Crippen molar-refractivity contribution in [3.8, 4) is 0 Å². The van der Waals surface area contributed by atoms with Crippen molar-refractivity contribution in [3.63, 3.8) is 0 Å². The molecule has 0 aliphatic carbocycles. The van der Waals surface area contributed by atoms with Gasteiger partial charge in [0.2, 0.25) is 0 Å². The Labute approximate surface area is 229 Å². The predicted octanol–water partition coefficient (Wildman–Crippen LogP) is -6.66. The molecule has 14 heteroatoms. The first kappa shape index (κ1) is 33.0. The van der Waals surface area contributed by atoms with Crippen LogP contribution in [-0.4, -0.2) is 132 Å². The van der Waals surface area contributed by atoms with Gasteiger partial charge in [0.25, 0.3) is 0 Å². The molecule has 0 aliphatic heterocycles. The van der Waals surface area contributed by atoms with E-state index in [1.807, 2.05) is 0 Å². The summed E-state index contributed by atoms with van der Waals surface area (Å²) >= 11 is 0. The zero-order chi connectivity index (χ0) is 23.8. The van der Waals surface area contributed by atoms with Crippen LogP contribution in [0.25, 0.3) is 0 Å². The molecule has 0 saturated carbocycles. The van der Waals surface area contributed by atoms with Crippen LogP contribution in [-0.2, 0) is 42.9 Å². The number of carboxylic acid groups (broad SMARTS) is 1. The summed E-state index contributed by atoms with van der Waals surface area (Å²) in [4.78, 5) is 61.7. The van der Waals surface area contributed by atoms with Gasteiger partial charge in [-0.1, -0.05) is 0 Å². The van der Waals surface area contributed by atoms with Gasteiger partial charge < -0.3 is 28.8 Å². The van der Waals surface area contributed by atoms with Crippen LogP contribution in [0.2, 0.25) is 0 Å². The van der Waals surface area contributed by atoms with Gasteiger partial charge in [0.05, 0.1) is 60.6 Å². The molecule has 0 heterocycles. The van der Waals surface area contributed by atoms with Gasteiger partial charge in [-0.2, -0.15) is 0 Å². The molecule has 0 unspecified atom stereocenters. The van der Waals surface area contributed by atoms with E-state index in [2.05, 4.69) is 18.9 Å². The smallest absolute Gasteiger partial charge is 0.549 e. The van der Waals surface area contributed by atoms with E-state index < -0.39 is 36.4 Å². The standard InChI is InChI=1S/C18H31N3O10.K/c1-28-15(24)10-20(11-16(25)29-2)7-5-19(9-14(22)23)6-8-21(12-17(26)30-3)13-18(27)31-4;/h5-13H2,1-4H3,(H,22,23);/q;+1/p-1. The van der Waals surface area contributed by atoms with Gasteiger partial charge in [-0.25, -0.2) is 0 Å². The number of carbonyl (C=O) groups is 5. The largest absolute Gasteiger partial charge is 1.00 e. The summed E-state index contributed by atoms with van der Waals surface area (Å²) in [5.41, 5.74) is 0. The van der Waals surface area contributed by atoms with E-state index in [0.29, 0.717) is 0 Å². The normalized spacial score (nSPS) is 10.5. The summed E-state index contributed by atoms with van der Waals surface area (Å²) in [6.45, 7) is -0.629. The number of esters is 4. The van der Waals surface area contributed by atoms with Crippen LogP contribution in [0, 0.1) is 0 Å². The van der Waals surface area contributed by atoms with Crippen LogP contribution in [0.5, 0.6) is 0 Å². The Hall–Kier alpha value is -1.13. The summed E-state index contributed by atoms with van der Waals surface area (Å²) in [6, 6.07) is 0. The van der Waals surface area contributed by atoms with E-state index in [4.69, 9.17) is 0 Å². The fourth-order valence-corrected chi connectivity index (χ4v) is 2.43. The summed E-state index contributed by atoms with van der Waals surface area (Å²) in [7, 11) is 4.83. The average molecular weight is 488 g/mol. The number of aliphatic carboxylic acids is 1. The van der Waals surface area contributed by atoms with E-state index in [9.17, 15) is 29.1 Å². The van der Waals surface area contributed by atoms with Gasteiger partial charge in [-0.05, 0) is 0 Å². The predicted molar refractivity (Wildman–Crippen MR) is 102 cm³/mol. The maximum absolute atomic E-state index is 11.6. The number of carbonyl (C=O) groups excluding carboxylic acids is 5. The zero-order valence-corrected chi connectivity index (χ0v) is 22.4. The minimum atomic E-state index is -1.33. The molecule has 0 spiro atoms. The van der Waals surface area contributed by atoms with E-state index in [1.165, 1.54) is 43.1 Å². The Balaban J connectivity index is 0. The number of rotatable bonds is 16. The Bertz CT molecular complexity index is 540. The van der Waals surface area contributed by atoms with Crippen LogP contribution < -0.4 is 56.5 Å². The Morgan fingerprint density at radius 2 is 0.781 bits per heavy atom. The van der Waals surface area contributed by atoms with Gasteiger partial charge in [-0.3, -0.25) is 33.9 Å². The molecule has 0 radical (unpaired) electrons. The number of methoxy groups -OCH3 is 4. The number of nitrogens with zero attached hydrogens (tertiary/aromatic N) is 3. The second-order valence-electron chi connectivity index (χ2n) is 6.37. The molecule has 0 fully saturated rings. The van der Waals surface area contributed by atoms with Crippen LogP contribution in [0.1, 0.15) is 0 Å². The molecule has 178 valence electrons. The first-order chi connectivity index (χ1) is 14.6. The molecular weight excluding hydrogens is 457 g/mol.